The van der Waals surface area contributed by atoms with Gasteiger partial charge in [-0.1, -0.05) is 12.1 Å². The Labute approximate surface area is 145 Å². The van der Waals surface area contributed by atoms with Crippen molar-refractivity contribution in [3.63, 3.8) is 0 Å². The van der Waals surface area contributed by atoms with Gasteiger partial charge in [-0.2, -0.15) is 0 Å². The van der Waals surface area contributed by atoms with Crippen LogP contribution in [0.15, 0.2) is 42.5 Å². The second kappa shape index (κ2) is 8.10. The van der Waals surface area contributed by atoms with Crippen LogP contribution in [-0.4, -0.2) is 29.4 Å². The number of carbonyl (C=O) groups is 3. The molecule has 0 fully saturated rings. The Hall–Kier alpha value is -3.15. The summed E-state index contributed by atoms with van der Waals surface area (Å²) in [6.45, 7) is 3.56. The molecule has 1 N–H and O–H groups in total. The van der Waals surface area contributed by atoms with Crippen LogP contribution in [0.1, 0.15) is 50.5 Å². The van der Waals surface area contributed by atoms with Crippen LogP contribution in [0.3, 0.4) is 0 Å². The first-order chi connectivity index (χ1) is 11.9. The van der Waals surface area contributed by atoms with Gasteiger partial charge in [-0.3, -0.25) is 4.79 Å². The quantitative estimate of drug-likeness (QED) is 0.613. The number of carboxylic acid groups (broad SMARTS) is 1. The summed E-state index contributed by atoms with van der Waals surface area (Å²) in [5.41, 5.74) is 1.30. The molecule has 0 aliphatic rings. The van der Waals surface area contributed by atoms with Crippen molar-refractivity contribution in [3.8, 4) is 5.75 Å². The predicted octanol–water partition coefficient (Wildman–Crippen LogP) is 3.34. The van der Waals surface area contributed by atoms with Crippen molar-refractivity contribution < 1.29 is 29.0 Å². The first-order valence-corrected chi connectivity index (χ1v) is 7.69. The molecule has 0 saturated carbocycles. The number of hydrogen-bond acceptors (Lipinski definition) is 5. The molecule has 2 rings (SSSR count). The minimum absolute atomic E-state index is 0.0948. The molecule has 2 aromatic rings. The van der Waals surface area contributed by atoms with Crippen LogP contribution in [-0.2, 0) is 11.3 Å². The molecule has 0 radical (unpaired) electrons. The maximum atomic E-state index is 11.6. The molecule has 0 unspecified atom stereocenters. The van der Waals surface area contributed by atoms with Gasteiger partial charge in [0.2, 0.25) is 0 Å². The van der Waals surface area contributed by atoms with Gasteiger partial charge in [0.25, 0.3) is 0 Å². The normalized spacial score (nSPS) is 10.2. The predicted molar refractivity (Wildman–Crippen MR) is 90.1 cm³/mol. The van der Waals surface area contributed by atoms with E-state index in [1.54, 1.807) is 37.3 Å². The number of hydrogen-bond donors (Lipinski definition) is 1. The number of ketones is 1. The molecule has 0 aromatic heterocycles. The average Bonchev–Trinajstić information content (AvgIpc) is 2.60. The molecule has 0 aliphatic carbocycles. The number of esters is 1. The lowest BCUT2D eigenvalue weighted by Gasteiger charge is -2.09. The molecular weight excluding hydrogens is 324 g/mol. The van der Waals surface area contributed by atoms with Gasteiger partial charge in [0.1, 0.15) is 12.4 Å². The van der Waals surface area contributed by atoms with E-state index in [0.29, 0.717) is 17.9 Å². The molecule has 0 saturated heterocycles. The molecular formula is C19H18O6. The highest BCUT2D eigenvalue weighted by Crippen LogP contribution is 2.20. The number of Topliss-reactive ketones (excluding diaryl/α,β-unsaturated/α-hetero) is 1. The highest BCUT2D eigenvalue weighted by Gasteiger charge is 2.15. The van der Waals surface area contributed by atoms with Gasteiger partial charge in [0.05, 0.1) is 17.7 Å². The highest BCUT2D eigenvalue weighted by molar-refractivity contribution is 6.05. The number of benzene rings is 2. The Morgan fingerprint density at radius 1 is 1.00 bits per heavy atom. The third-order valence-electron chi connectivity index (χ3n) is 3.47. The van der Waals surface area contributed by atoms with E-state index in [2.05, 4.69) is 0 Å². The Morgan fingerprint density at radius 2 is 1.68 bits per heavy atom. The van der Waals surface area contributed by atoms with Crippen LogP contribution < -0.4 is 4.74 Å². The Morgan fingerprint density at radius 3 is 2.24 bits per heavy atom. The lowest BCUT2D eigenvalue weighted by molar-refractivity contribution is 0.0525. The lowest BCUT2D eigenvalue weighted by Crippen LogP contribution is -2.07. The standard InChI is InChI=1S/C19H18O6/c1-3-24-19(23)14-6-4-13(5-7-14)11-25-15-8-9-16(12(2)20)17(10-15)18(21)22/h4-10H,3,11H2,1-2H3,(H,21,22). The van der Waals surface area contributed by atoms with E-state index in [1.165, 1.54) is 19.1 Å². The van der Waals surface area contributed by atoms with Crippen molar-refractivity contribution in [2.75, 3.05) is 6.61 Å². The van der Waals surface area contributed by atoms with E-state index < -0.39 is 5.97 Å². The first-order valence-electron chi connectivity index (χ1n) is 7.69. The number of aromatic carboxylic acids is 1. The van der Waals surface area contributed by atoms with Gasteiger partial charge in [-0.05, 0) is 49.7 Å². The molecule has 25 heavy (non-hydrogen) atoms. The zero-order valence-corrected chi connectivity index (χ0v) is 13.9. The number of ether oxygens (including phenoxy) is 2. The molecule has 0 spiro atoms. The van der Waals surface area contributed by atoms with E-state index in [1.807, 2.05) is 0 Å². The van der Waals surface area contributed by atoms with E-state index in [-0.39, 0.29) is 29.5 Å². The fourth-order valence-corrected chi connectivity index (χ4v) is 2.22. The van der Waals surface area contributed by atoms with Crippen molar-refractivity contribution >= 4 is 17.7 Å². The van der Waals surface area contributed by atoms with Crippen molar-refractivity contribution in [2.24, 2.45) is 0 Å². The molecule has 6 heteroatoms. The summed E-state index contributed by atoms with van der Waals surface area (Å²) >= 11 is 0. The minimum atomic E-state index is -1.19. The van der Waals surface area contributed by atoms with E-state index in [0.717, 1.165) is 5.56 Å². The van der Waals surface area contributed by atoms with Gasteiger partial charge in [-0.25, -0.2) is 9.59 Å². The Kier molecular flexibility index (Phi) is 5.89. The van der Waals surface area contributed by atoms with Crippen LogP contribution in [0.2, 0.25) is 0 Å². The highest BCUT2D eigenvalue weighted by atomic mass is 16.5. The second-order valence-electron chi connectivity index (χ2n) is 5.27. The summed E-state index contributed by atoms with van der Waals surface area (Å²) in [4.78, 5) is 34.3. The third-order valence-corrected chi connectivity index (χ3v) is 3.47. The van der Waals surface area contributed by atoms with E-state index in [9.17, 15) is 19.5 Å². The zero-order chi connectivity index (χ0) is 18.4. The minimum Gasteiger partial charge on any atom is -0.489 e. The number of carboxylic acids is 1. The fraction of sp³-hybridized carbons (Fsp3) is 0.211. The molecule has 0 amide bonds. The van der Waals surface area contributed by atoms with Crippen LogP contribution >= 0.6 is 0 Å². The third kappa shape index (κ3) is 4.67. The molecule has 6 nitrogen and oxygen atoms in total. The number of carbonyl (C=O) groups excluding carboxylic acids is 2. The molecule has 0 atom stereocenters. The van der Waals surface area contributed by atoms with Gasteiger partial charge in [-0.15, -0.1) is 0 Å². The van der Waals surface area contributed by atoms with Crippen molar-refractivity contribution in [1.29, 1.82) is 0 Å². The van der Waals surface area contributed by atoms with E-state index in [4.69, 9.17) is 9.47 Å². The Bertz CT molecular complexity index is 792. The van der Waals surface area contributed by atoms with Crippen molar-refractivity contribution in [3.05, 3.63) is 64.7 Å². The van der Waals surface area contributed by atoms with E-state index >= 15 is 0 Å². The summed E-state index contributed by atoms with van der Waals surface area (Å²) in [6.07, 6.45) is 0. The average molecular weight is 342 g/mol. The second-order valence-corrected chi connectivity index (χ2v) is 5.27. The van der Waals surface area contributed by atoms with Crippen LogP contribution in [0, 0.1) is 0 Å². The van der Waals surface area contributed by atoms with Gasteiger partial charge < -0.3 is 14.6 Å². The summed E-state index contributed by atoms with van der Waals surface area (Å²) in [7, 11) is 0. The van der Waals surface area contributed by atoms with Crippen LogP contribution in [0.5, 0.6) is 5.75 Å². The number of rotatable bonds is 7. The SMILES string of the molecule is CCOC(=O)c1ccc(COc2ccc(C(C)=O)c(C(=O)O)c2)cc1. The van der Waals surface area contributed by atoms with Crippen LogP contribution in [0.4, 0.5) is 0 Å². The maximum absolute atomic E-state index is 11.6. The molecule has 2 aromatic carbocycles. The fourth-order valence-electron chi connectivity index (χ4n) is 2.22. The summed E-state index contributed by atoms with van der Waals surface area (Å²) in [5, 5.41) is 9.20. The summed E-state index contributed by atoms with van der Waals surface area (Å²) in [6, 6.07) is 11.0. The summed E-state index contributed by atoms with van der Waals surface area (Å²) in [5.74, 6) is -1.55. The molecule has 0 heterocycles. The molecule has 130 valence electrons. The van der Waals surface area contributed by atoms with Crippen LogP contribution in [0.25, 0.3) is 0 Å². The molecule has 0 bridgehead atoms. The van der Waals surface area contributed by atoms with Crippen molar-refractivity contribution in [1.82, 2.24) is 0 Å². The largest absolute Gasteiger partial charge is 0.489 e. The van der Waals surface area contributed by atoms with Crippen molar-refractivity contribution in [2.45, 2.75) is 20.5 Å². The molecule has 0 aliphatic heterocycles. The zero-order valence-electron chi connectivity index (χ0n) is 13.9. The first kappa shape index (κ1) is 18.2. The van der Waals surface area contributed by atoms with Gasteiger partial charge in [0, 0.05) is 5.56 Å². The Balaban J connectivity index is 2.08. The monoisotopic (exact) mass is 342 g/mol. The maximum Gasteiger partial charge on any atom is 0.338 e. The lowest BCUT2D eigenvalue weighted by atomic mass is 10.0. The van der Waals surface area contributed by atoms with Gasteiger partial charge >= 0.3 is 11.9 Å². The topological polar surface area (TPSA) is 89.9 Å². The smallest absolute Gasteiger partial charge is 0.338 e. The van der Waals surface area contributed by atoms with Gasteiger partial charge in [0.15, 0.2) is 5.78 Å². The summed E-state index contributed by atoms with van der Waals surface area (Å²) < 4.78 is 10.5.